The number of rotatable bonds is 6. The van der Waals surface area contributed by atoms with E-state index < -0.39 is 0 Å². The molecule has 0 spiro atoms. The molecule has 2 rings (SSSR count). The fourth-order valence-electron chi connectivity index (χ4n) is 1.98. The number of phenolic OH excluding ortho intramolecular Hbond substituents is 1. The van der Waals surface area contributed by atoms with Crippen LogP contribution in [0.2, 0.25) is 0 Å². The summed E-state index contributed by atoms with van der Waals surface area (Å²) in [6.45, 7) is 4.69. The van der Waals surface area contributed by atoms with Crippen LogP contribution in [0.4, 0.5) is 0 Å². The van der Waals surface area contributed by atoms with Crippen LogP contribution in [0.1, 0.15) is 29.8 Å². The Kier molecular flexibility index (Phi) is 4.99. The van der Waals surface area contributed by atoms with Gasteiger partial charge in [0.15, 0.2) is 5.78 Å². The molecule has 0 saturated heterocycles. The zero-order valence-corrected chi connectivity index (χ0v) is 12.4. The molecule has 0 amide bonds. The van der Waals surface area contributed by atoms with E-state index in [0.29, 0.717) is 23.8 Å². The van der Waals surface area contributed by atoms with E-state index in [2.05, 4.69) is 13.8 Å². The predicted molar refractivity (Wildman–Crippen MR) is 82.9 cm³/mol. The SMILES string of the molecule is CC(C)COc1ccc(C(=O)Cc2ccccc2)c(O)c1. The van der Waals surface area contributed by atoms with E-state index in [1.54, 1.807) is 12.1 Å². The summed E-state index contributed by atoms with van der Waals surface area (Å²) >= 11 is 0. The summed E-state index contributed by atoms with van der Waals surface area (Å²) in [7, 11) is 0. The van der Waals surface area contributed by atoms with E-state index in [0.717, 1.165) is 5.56 Å². The van der Waals surface area contributed by atoms with Gasteiger partial charge in [0.1, 0.15) is 11.5 Å². The first-order chi connectivity index (χ1) is 10.1. The molecule has 3 nitrogen and oxygen atoms in total. The molecule has 1 N–H and O–H groups in total. The van der Waals surface area contributed by atoms with E-state index in [-0.39, 0.29) is 18.0 Å². The Bertz CT molecular complexity index is 603. The van der Waals surface area contributed by atoms with Crippen LogP contribution in [0.5, 0.6) is 11.5 Å². The maximum atomic E-state index is 12.2. The molecule has 0 fully saturated rings. The highest BCUT2D eigenvalue weighted by atomic mass is 16.5. The minimum absolute atomic E-state index is 0.0304. The standard InChI is InChI=1S/C18H20O3/c1-13(2)12-21-15-8-9-16(18(20)11-15)17(19)10-14-6-4-3-5-7-14/h3-9,11,13,20H,10,12H2,1-2H3. The summed E-state index contributed by atoms with van der Waals surface area (Å²) in [5, 5.41) is 10.0. The average molecular weight is 284 g/mol. The number of ketones is 1. The quantitative estimate of drug-likeness (QED) is 0.819. The van der Waals surface area contributed by atoms with Crippen molar-refractivity contribution in [2.45, 2.75) is 20.3 Å². The third-order valence-electron chi connectivity index (χ3n) is 3.06. The predicted octanol–water partition coefficient (Wildman–Crippen LogP) is 3.85. The van der Waals surface area contributed by atoms with Crippen LogP contribution in [0.25, 0.3) is 0 Å². The van der Waals surface area contributed by atoms with E-state index in [1.807, 2.05) is 30.3 Å². The number of hydrogen-bond acceptors (Lipinski definition) is 3. The van der Waals surface area contributed by atoms with Gasteiger partial charge in [0.2, 0.25) is 0 Å². The van der Waals surface area contributed by atoms with Crippen LogP contribution in [-0.4, -0.2) is 17.5 Å². The van der Waals surface area contributed by atoms with Gasteiger partial charge in [-0.05, 0) is 23.6 Å². The number of phenols is 1. The lowest BCUT2D eigenvalue weighted by Crippen LogP contribution is -2.06. The molecule has 0 aliphatic carbocycles. The van der Waals surface area contributed by atoms with Crippen molar-refractivity contribution in [3.8, 4) is 11.5 Å². The van der Waals surface area contributed by atoms with E-state index >= 15 is 0 Å². The van der Waals surface area contributed by atoms with Gasteiger partial charge >= 0.3 is 0 Å². The van der Waals surface area contributed by atoms with E-state index in [4.69, 9.17) is 4.74 Å². The highest BCUT2D eigenvalue weighted by Crippen LogP contribution is 2.25. The van der Waals surface area contributed by atoms with Gasteiger partial charge in [0.25, 0.3) is 0 Å². The summed E-state index contributed by atoms with van der Waals surface area (Å²) in [5.74, 6) is 0.857. The second-order valence-corrected chi connectivity index (χ2v) is 5.47. The third-order valence-corrected chi connectivity index (χ3v) is 3.06. The first kappa shape index (κ1) is 15.1. The lowest BCUT2D eigenvalue weighted by Gasteiger charge is -2.10. The largest absolute Gasteiger partial charge is 0.507 e. The van der Waals surface area contributed by atoms with Crippen LogP contribution in [0.15, 0.2) is 48.5 Å². The van der Waals surface area contributed by atoms with Crippen molar-refractivity contribution in [2.24, 2.45) is 5.92 Å². The van der Waals surface area contributed by atoms with Gasteiger partial charge < -0.3 is 9.84 Å². The number of Topliss-reactive ketones (excluding diaryl/α,β-unsaturated/α-hetero) is 1. The Labute approximate surface area is 125 Å². The maximum absolute atomic E-state index is 12.2. The normalized spacial score (nSPS) is 10.6. The summed E-state index contributed by atoms with van der Waals surface area (Å²) < 4.78 is 5.53. The first-order valence-corrected chi connectivity index (χ1v) is 7.09. The van der Waals surface area contributed by atoms with Crippen molar-refractivity contribution >= 4 is 5.78 Å². The monoisotopic (exact) mass is 284 g/mol. The zero-order valence-electron chi connectivity index (χ0n) is 12.4. The van der Waals surface area contributed by atoms with Crippen molar-refractivity contribution in [1.82, 2.24) is 0 Å². The molecule has 0 radical (unpaired) electrons. The maximum Gasteiger partial charge on any atom is 0.170 e. The Balaban J connectivity index is 2.08. The van der Waals surface area contributed by atoms with Gasteiger partial charge in [-0.15, -0.1) is 0 Å². The smallest absolute Gasteiger partial charge is 0.170 e. The van der Waals surface area contributed by atoms with Crippen molar-refractivity contribution in [3.63, 3.8) is 0 Å². The molecule has 0 aliphatic rings. The van der Waals surface area contributed by atoms with Crippen molar-refractivity contribution in [3.05, 3.63) is 59.7 Å². The molecule has 0 unspecified atom stereocenters. The van der Waals surface area contributed by atoms with Crippen LogP contribution >= 0.6 is 0 Å². The van der Waals surface area contributed by atoms with Gasteiger partial charge in [-0.2, -0.15) is 0 Å². The van der Waals surface area contributed by atoms with E-state index in [1.165, 1.54) is 6.07 Å². The van der Waals surface area contributed by atoms with E-state index in [9.17, 15) is 9.90 Å². The van der Waals surface area contributed by atoms with Gasteiger partial charge in [0.05, 0.1) is 12.2 Å². The second-order valence-electron chi connectivity index (χ2n) is 5.47. The summed E-state index contributed by atoms with van der Waals surface area (Å²) in [6, 6.07) is 14.3. The Morgan fingerprint density at radius 3 is 2.48 bits per heavy atom. The molecule has 2 aromatic rings. The molecule has 0 aliphatic heterocycles. The molecule has 3 heteroatoms. The zero-order chi connectivity index (χ0) is 15.2. The molecule has 21 heavy (non-hydrogen) atoms. The fraction of sp³-hybridized carbons (Fsp3) is 0.278. The third kappa shape index (κ3) is 4.35. The summed E-state index contributed by atoms with van der Waals surface area (Å²) in [5.41, 5.74) is 1.26. The van der Waals surface area contributed by atoms with Crippen molar-refractivity contribution < 1.29 is 14.6 Å². The van der Waals surface area contributed by atoms with Crippen LogP contribution in [0, 0.1) is 5.92 Å². The number of aromatic hydroxyl groups is 1. The summed E-state index contributed by atoms with van der Waals surface area (Å²) in [6.07, 6.45) is 0.278. The molecular weight excluding hydrogens is 264 g/mol. The molecule has 0 aromatic heterocycles. The molecule has 0 atom stereocenters. The summed E-state index contributed by atoms with van der Waals surface area (Å²) in [4.78, 5) is 12.2. The molecule has 0 bridgehead atoms. The minimum atomic E-state index is -0.103. The lowest BCUT2D eigenvalue weighted by molar-refractivity contribution is 0.0990. The van der Waals surface area contributed by atoms with Crippen LogP contribution in [0.3, 0.4) is 0 Å². The van der Waals surface area contributed by atoms with Gasteiger partial charge in [-0.3, -0.25) is 4.79 Å². The first-order valence-electron chi connectivity index (χ1n) is 7.09. The molecule has 0 saturated carbocycles. The number of ether oxygens (including phenoxy) is 1. The molecule has 2 aromatic carbocycles. The Morgan fingerprint density at radius 1 is 1.14 bits per heavy atom. The Morgan fingerprint density at radius 2 is 1.86 bits per heavy atom. The highest BCUT2D eigenvalue weighted by Gasteiger charge is 2.13. The highest BCUT2D eigenvalue weighted by molar-refractivity contribution is 6.00. The minimum Gasteiger partial charge on any atom is -0.507 e. The van der Waals surface area contributed by atoms with Crippen LogP contribution in [-0.2, 0) is 6.42 Å². The number of benzene rings is 2. The number of carbonyl (C=O) groups excluding carboxylic acids is 1. The van der Waals surface area contributed by atoms with Gasteiger partial charge in [0, 0.05) is 12.5 Å². The lowest BCUT2D eigenvalue weighted by atomic mass is 10.0. The van der Waals surface area contributed by atoms with Crippen LogP contribution < -0.4 is 4.74 Å². The second kappa shape index (κ2) is 6.93. The van der Waals surface area contributed by atoms with Crippen molar-refractivity contribution in [1.29, 1.82) is 0 Å². The topological polar surface area (TPSA) is 46.5 Å². The fourth-order valence-corrected chi connectivity index (χ4v) is 1.98. The Hall–Kier alpha value is -2.29. The molecule has 0 heterocycles. The average Bonchev–Trinajstić information content (AvgIpc) is 2.46. The number of hydrogen-bond donors (Lipinski definition) is 1. The van der Waals surface area contributed by atoms with Gasteiger partial charge in [-0.25, -0.2) is 0 Å². The number of carbonyl (C=O) groups is 1. The molecular formula is C18H20O3. The molecule has 110 valence electrons. The van der Waals surface area contributed by atoms with Gasteiger partial charge in [-0.1, -0.05) is 44.2 Å². The van der Waals surface area contributed by atoms with Crippen molar-refractivity contribution in [2.75, 3.05) is 6.61 Å².